The molecule has 1 aromatic carbocycles. The van der Waals surface area contributed by atoms with Gasteiger partial charge in [-0.05, 0) is 40.3 Å². The van der Waals surface area contributed by atoms with Gasteiger partial charge in [-0.25, -0.2) is 0 Å². The molecule has 50 heavy (non-hydrogen) atoms. The van der Waals surface area contributed by atoms with Crippen molar-refractivity contribution in [1.82, 2.24) is 0 Å². The Morgan fingerprint density at radius 3 is 0.440 bits per heavy atom. The number of hydrogen-bond acceptors (Lipinski definition) is 0. The molecule has 0 fully saturated rings. The molecule has 0 aliphatic carbocycles. The fourth-order valence-corrected chi connectivity index (χ4v) is 18.1. The topological polar surface area (TPSA) is 0 Å². The molecule has 0 aliphatic rings. The third-order valence-corrected chi connectivity index (χ3v) is 35.2. The maximum atomic E-state index is 3.53. The maximum absolute atomic E-state index is 3.53. The van der Waals surface area contributed by atoms with Crippen molar-refractivity contribution in [1.29, 1.82) is 0 Å². The summed E-state index contributed by atoms with van der Waals surface area (Å²) in [5.74, 6) is 0. The molecule has 1 rings (SSSR count). The van der Waals surface area contributed by atoms with Crippen molar-refractivity contribution in [3.8, 4) is 0 Å². The molecule has 0 nitrogen and oxygen atoms in total. The Morgan fingerprint density at radius 1 is 0.300 bits per heavy atom. The van der Waals surface area contributed by atoms with E-state index in [1.165, 1.54) is 8.79 Å². The Balaban J connectivity index is -0.000000264. The predicted molar refractivity (Wildman–Crippen MR) is 259 cm³/mol. The van der Waals surface area contributed by atoms with Gasteiger partial charge in [0.25, 0.3) is 0 Å². The van der Waals surface area contributed by atoms with Crippen LogP contribution < -0.4 is 8.79 Å². The molecule has 0 saturated carbocycles. The first-order valence-electron chi connectivity index (χ1n) is 18.7. The summed E-state index contributed by atoms with van der Waals surface area (Å²) in [6.45, 7) is 66.2. The van der Waals surface area contributed by atoms with Gasteiger partial charge >= 0.3 is 88.2 Å². The molecule has 8 radical (unpaired) electrons. The van der Waals surface area contributed by atoms with Crippen LogP contribution in [0.2, 0.25) is 66.5 Å². The molecule has 1 aromatic rings. The Hall–Kier alpha value is 2.13. The molecule has 0 unspecified atom stereocenters. The standard InChI is InChI=1S/4C9H21Si.C6H4Br2Ge2/c4*1-8(2,3)10(7)9(4,5)6;7-9-5-1-2-6(10-8)4-3-5/h4*1-7H3;1-4H. The van der Waals surface area contributed by atoms with E-state index >= 15 is 0 Å². The van der Waals surface area contributed by atoms with Gasteiger partial charge in [0.1, 0.15) is 0 Å². The van der Waals surface area contributed by atoms with Crippen molar-refractivity contribution in [2.75, 3.05) is 0 Å². The minimum absolute atomic E-state index is 0.0138. The Kier molecular flexibility index (Phi) is 27.5. The van der Waals surface area contributed by atoms with Crippen LogP contribution in [0.15, 0.2) is 24.3 Å². The van der Waals surface area contributed by atoms with Crippen molar-refractivity contribution < 1.29 is 0 Å². The van der Waals surface area contributed by atoms with Crippen molar-refractivity contribution in [2.45, 2.75) is 233 Å². The summed E-state index contributed by atoms with van der Waals surface area (Å²) in [4.78, 5) is 0. The Labute approximate surface area is 352 Å². The van der Waals surface area contributed by atoms with Crippen LogP contribution in [0.1, 0.15) is 166 Å². The second-order valence-electron chi connectivity index (χ2n) is 22.3. The van der Waals surface area contributed by atoms with Gasteiger partial charge in [-0.1, -0.05) is 192 Å². The van der Waals surface area contributed by atoms with Gasteiger partial charge in [0, 0.05) is 0 Å². The van der Waals surface area contributed by atoms with Gasteiger partial charge in [0.05, 0.1) is 35.2 Å². The molecular weight excluding hydrogens is 922 g/mol. The van der Waals surface area contributed by atoms with E-state index in [4.69, 9.17) is 0 Å². The van der Waals surface area contributed by atoms with E-state index in [1.54, 1.807) is 0 Å². The Bertz CT molecular complexity index is 805. The first kappa shape index (κ1) is 58.8. The van der Waals surface area contributed by atoms with Gasteiger partial charge < -0.3 is 0 Å². The average Bonchev–Trinajstić information content (AvgIpc) is 2.88. The molecule has 0 N–H and O–H groups in total. The summed E-state index contributed by atoms with van der Waals surface area (Å²) in [5.41, 5.74) is 0. The second-order valence-corrected chi connectivity index (χ2v) is 46.6. The van der Waals surface area contributed by atoms with Crippen LogP contribution in [0.25, 0.3) is 0 Å². The summed E-state index contributed by atoms with van der Waals surface area (Å²) in [7, 11) is -0.883. The van der Waals surface area contributed by atoms with Gasteiger partial charge in [-0.2, -0.15) is 0 Å². The first-order valence-corrected chi connectivity index (χ1v) is 38.6. The summed E-state index contributed by atoms with van der Waals surface area (Å²) in [6, 6.07) is 8.87. The molecule has 0 aliphatic heterocycles. The zero-order valence-corrected chi connectivity index (χ0v) is 50.4. The molecule has 0 amide bonds. The minimum atomic E-state index is -0.221. The quantitative estimate of drug-likeness (QED) is 0.259. The fraction of sp³-hybridized carbons (Fsp3) is 0.857. The normalized spacial score (nSPS) is 13.5. The van der Waals surface area contributed by atoms with Crippen LogP contribution in [0, 0.1) is 0 Å². The van der Waals surface area contributed by atoms with Crippen LogP contribution in [0.3, 0.4) is 0 Å². The molecular formula is C42H88Br2Ge2Si4. The van der Waals surface area contributed by atoms with Crippen LogP contribution >= 0.6 is 28.0 Å². The molecule has 0 bridgehead atoms. The summed E-state index contributed by atoms with van der Waals surface area (Å²) in [5, 5.41) is 4.36. The van der Waals surface area contributed by atoms with E-state index in [1.807, 2.05) is 0 Å². The average molecular weight is 1010 g/mol. The predicted octanol–water partition coefficient (Wildman–Crippen LogP) is 15.8. The van der Waals surface area contributed by atoms with E-state index in [0.717, 1.165) is 0 Å². The van der Waals surface area contributed by atoms with E-state index in [9.17, 15) is 0 Å². The van der Waals surface area contributed by atoms with E-state index in [2.05, 4.69) is 245 Å². The SMILES string of the molecule is C[Si](C(C)(C)C)C(C)(C)C.C[Si](C(C)(C)C)C(C)(C)C.C[Si](C(C)(C)C)C(C)(C)C.C[Si](C(C)(C)C)C(C)(C)C.[Br][Ge][c]1cc[c]([Ge][Br])cc1. The van der Waals surface area contributed by atoms with Gasteiger partial charge in [-0.3, -0.25) is 0 Å². The number of hydrogen-bond donors (Lipinski definition) is 0. The third-order valence-electron chi connectivity index (χ3n) is 10.1. The second kappa shape index (κ2) is 23.4. The molecule has 0 saturated heterocycles. The fourth-order valence-electron chi connectivity index (χ4n) is 5.10. The first-order chi connectivity index (χ1) is 21.5. The summed E-state index contributed by atoms with van der Waals surface area (Å²) >= 11 is 7.03. The number of halogens is 2. The molecule has 8 heteroatoms. The van der Waals surface area contributed by atoms with Gasteiger partial charge in [-0.15, -0.1) is 0 Å². The third kappa shape index (κ3) is 29.4. The summed E-state index contributed by atoms with van der Waals surface area (Å²) in [6.07, 6.45) is 0. The van der Waals surface area contributed by atoms with Gasteiger partial charge in [0.2, 0.25) is 0 Å². The van der Waals surface area contributed by atoms with Crippen molar-refractivity contribution in [3.63, 3.8) is 0 Å². The van der Waals surface area contributed by atoms with E-state index < -0.39 is 0 Å². The number of benzene rings is 1. The molecule has 0 atom stereocenters. The monoisotopic (exact) mass is 1010 g/mol. The van der Waals surface area contributed by atoms with Crippen LogP contribution in [0.5, 0.6) is 0 Å². The van der Waals surface area contributed by atoms with Crippen molar-refractivity contribution in [3.05, 3.63) is 24.3 Å². The molecule has 0 spiro atoms. The van der Waals surface area contributed by atoms with Crippen molar-refractivity contribution >= 4 is 99.2 Å². The van der Waals surface area contributed by atoms with Crippen LogP contribution in [0.4, 0.5) is 0 Å². The Morgan fingerprint density at radius 2 is 0.400 bits per heavy atom. The molecule has 0 aromatic heterocycles. The van der Waals surface area contributed by atoms with Gasteiger partial charge in [0.15, 0.2) is 0 Å². The molecule has 0 heterocycles. The van der Waals surface area contributed by atoms with E-state index in [0.29, 0.717) is 40.3 Å². The van der Waals surface area contributed by atoms with Crippen LogP contribution in [-0.2, 0) is 0 Å². The zero-order valence-electron chi connectivity index (χ0n) is 39.1. The van der Waals surface area contributed by atoms with E-state index in [-0.39, 0.29) is 62.4 Å². The van der Waals surface area contributed by atoms with Crippen LogP contribution in [-0.4, -0.2) is 62.4 Å². The summed E-state index contributed by atoms with van der Waals surface area (Å²) < 4.78 is 2.94. The number of rotatable bonds is 2. The zero-order chi connectivity index (χ0) is 41.7. The molecule has 294 valence electrons. The van der Waals surface area contributed by atoms with Crippen molar-refractivity contribution in [2.24, 2.45) is 0 Å².